The van der Waals surface area contributed by atoms with Gasteiger partial charge in [-0.1, -0.05) is 18.0 Å². The fraction of sp³-hybridized carbons (Fsp3) is 0.533. The third-order valence-corrected chi connectivity index (χ3v) is 5.19. The number of hydrogen-bond acceptors (Lipinski definition) is 3. The van der Waals surface area contributed by atoms with Crippen LogP contribution >= 0.6 is 11.6 Å². The first-order valence-electron chi connectivity index (χ1n) is 7.00. The lowest BCUT2D eigenvalue weighted by molar-refractivity contribution is -0.147. The molecule has 4 rings (SSSR count). The quantitative estimate of drug-likeness (QED) is 0.907. The highest BCUT2D eigenvalue weighted by Gasteiger charge is 2.50. The molecule has 4 nitrogen and oxygen atoms in total. The molecule has 20 heavy (non-hydrogen) atoms. The lowest BCUT2D eigenvalue weighted by Crippen LogP contribution is -2.45. The third kappa shape index (κ3) is 1.46. The molecule has 5 heteroatoms. The van der Waals surface area contributed by atoms with Crippen LogP contribution in [0.15, 0.2) is 12.1 Å². The summed E-state index contributed by atoms with van der Waals surface area (Å²) in [6.07, 6.45) is 5.02. The molecule has 106 valence electrons. The number of carboxylic acids is 1. The SMILES string of the molecule is O=C(O)C1(c2cc3c(cc2Cl)OC2(CCC2)O3)CCC1. The van der Waals surface area contributed by atoms with Crippen LogP contribution in [0.3, 0.4) is 0 Å². The highest BCUT2D eigenvalue weighted by Crippen LogP contribution is 2.53. The van der Waals surface area contributed by atoms with Gasteiger partial charge < -0.3 is 14.6 Å². The van der Waals surface area contributed by atoms with E-state index in [9.17, 15) is 9.90 Å². The Balaban J connectivity index is 1.76. The van der Waals surface area contributed by atoms with Gasteiger partial charge in [0.2, 0.25) is 0 Å². The molecule has 2 saturated carbocycles. The van der Waals surface area contributed by atoms with Crippen LogP contribution in [-0.2, 0) is 10.2 Å². The minimum Gasteiger partial charge on any atom is -0.481 e. The maximum absolute atomic E-state index is 11.6. The van der Waals surface area contributed by atoms with Crippen LogP contribution < -0.4 is 9.47 Å². The second-order valence-corrected chi connectivity index (χ2v) is 6.40. The predicted molar refractivity (Wildman–Crippen MR) is 72.5 cm³/mol. The molecule has 2 fully saturated rings. The van der Waals surface area contributed by atoms with Crippen molar-refractivity contribution < 1.29 is 19.4 Å². The van der Waals surface area contributed by atoms with Crippen molar-refractivity contribution in [2.45, 2.75) is 49.7 Å². The Hall–Kier alpha value is -1.42. The van der Waals surface area contributed by atoms with Crippen molar-refractivity contribution >= 4 is 17.6 Å². The summed E-state index contributed by atoms with van der Waals surface area (Å²) in [6, 6.07) is 3.49. The number of fused-ring (bicyclic) bond motifs is 1. The summed E-state index contributed by atoms with van der Waals surface area (Å²) in [5.41, 5.74) is -0.179. The highest BCUT2D eigenvalue weighted by atomic mass is 35.5. The van der Waals surface area contributed by atoms with Crippen LogP contribution in [0, 0.1) is 0 Å². The summed E-state index contributed by atoms with van der Waals surface area (Å²) in [5, 5.41) is 10.0. The van der Waals surface area contributed by atoms with E-state index < -0.39 is 17.2 Å². The second-order valence-electron chi connectivity index (χ2n) is 5.99. The summed E-state index contributed by atoms with van der Waals surface area (Å²) in [5.74, 6) is -0.0434. The number of rotatable bonds is 2. The number of carboxylic acid groups (broad SMARTS) is 1. The molecule has 0 atom stereocenters. The monoisotopic (exact) mass is 294 g/mol. The van der Waals surface area contributed by atoms with Gasteiger partial charge in [0.05, 0.1) is 5.41 Å². The van der Waals surface area contributed by atoms with Gasteiger partial charge in [0.25, 0.3) is 5.79 Å². The first kappa shape index (κ1) is 12.3. The molecule has 0 amide bonds. The normalized spacial score (nSPS) is 24.1. The van der Waals surface area contributed by atoms with Crippen LogP contribution in [0.2, 0.25) is 5.02 Å². The second kappa shape index (κ2) is 3.82. The number of halogens is 1. The Bertz CT molecular complexity index is 602. The van der Waals surface area contributed by atoms with Crippen molar-refractivity contribution in [1.82, 2.24) is 0 Å². The third-order valence-electron chi connectivity index (χ3n) is 4.87. The van der Waals surface area contributed by atoms with Gasteiger partial charge in [0, 0.05) is 23.9 Å². The van der Waals surface area contributed by atoms with Crippen molar-refractivity contribution in [3.05, 3.63) is 22.7 Å². The van der Waals surface area contributed by atoms with Crippen LogP contribution in [0.25, 0.3) is 0 Å². The lowest BCUT2D eigenvalue weighted by atomic mass is 9.64. The number of benzene rings is 1. The van der Waals surface area contributed by atoms with Crippen molar-refractivity contribution in [1.29, 1.82) is 0 Å². The minimum atomic E-state index is -0.842. The van der Waals surface area contributed by atoms with Crippen LogP contribution in [-0.4, -0.2) is 16.9 Å². The molecule has 0 saturated heterocycles. The Kier molecular flexibility index (Phi) is 2.35. The molecule has 2 aliphatic carbocycles. The van der Waals surface area contributed by atoms with Crippen LogP contribution in [0.4, 0.5) is 0 Å². The molecule has 0 unspecified atom stereocenters. The molecule has 0 radical (unpaired) electrons. The van der Waals surface area contributed by atoms with E-state index in [4.69, 9.17) is 21.1 Å². The molecule has 1 N–H and O–H groups in total. The first-order valence-corrected chi connectivity index (χ1v) is 7.38. The van der Waals surface area contributed by atoms with Crippen LogP contribution in [0.1, 0.15) is 44.1 Å². The molecule has 3 aliphatic rings. The number of aliphatic carboxylic acids is 1. The van der Waals surface area contributed by atoms with E-state index in [0.717, 1.165) is 25.7 Å². The zero-order valence-corrected chi connectivity index (χ0v) is 11.7. The van der Waals surface area contributed by atoms with Crippen LogP contribution in [0.5, 0.6) is 11.5 Å². The molecule has 1 heterocycles. The first-order chi connectivity index (χ1) is 9.55. The molecule has 1 aromatic carbocycles. The van der Waals surface area contributed by atoms with Crippen molar-refractivity contribution in [2.24, 2.45) is 0 Å². The maximum atomic E-state index is 11.6. The van der Waals surface area contributed by atoms with E-state index in [-0.39, 0.29) is 0 Å². The fourth-order valence-corrected chi connectivity index (χ4v) is 3.62. The van der Waals surface area contributed by atoms with Crippen molar-refractivity contribution in [3.8, 4) is 11.5 Å². The van der Waals surface area contributed by atoms with Gasteiger partial charge in [-0.3, -0.25) is 4.79 Å². The Morgan fingerprint density at radius 2 is 1.70 bits per heavy atom. The molecule has 1 aromatic rings. The largest absolute Gasteiger partial charge is 0.481 e. The van der Waals surface area contributed by atoms with E-state index in [0.29, 0.717) is 34.9 Å². The molecule has 0 aromatic heterocycles. The van der Waals surface area contributed by atoms with Gasteiger partial charge in [0.1, 0.15) is 0 Å². The maximum Gasteiger partial charge on any atom is 0.314 e. The topological polar surface area (TPSA) is 55.8 Å². The van der Waals surface area contributed by atoms with Gasteiger partial charge >= 0.3 is 5.97 Å². The molecule has 1 spiro atoms. The number of hydrogen-bond donors (Lipinski definition) is 1. The van der Waals surface area contributed by atoms with E-state index in [2.05, 4.69) is 0 Å². The van der Waals surface area contributed by atoms with E-state index >= 15 is 0 Å². The van der Waals surface area contributed by atoms with Gasteiger partial charge in [-0.05, 0) is 30.9 Å². The van der Waals surface area contributed by atoms with Gasteiger partial charge in [-0.15, -0.1) is 0 Å². The number of ether oxygens (including phenoxy) is 2. The molecule has 0 bridgehead atoms. The highest BCUT2D eigenvalue weighted by molar-refractivity contribution is 6.32. The van der Waals surface area contributed by atoms with E-state index in [1.54, 1.807) is 12.1 Å². The van der Waals surface area contributed by atoms with Crippen molar-refractivity contribution in [3.63, 3.8) is 0 Å². The standard InChI is InChI=1S/C15H15ClO4/c16-10-8-12-11(19-15(20-12)5-2-6-15)7-9(10)14(13(17)18)3-1-4-14/h7-8H,1-6H2,(H,17,18). The van der Waals surface area contributed by atoms with Gasteiger partial charge in [-0.25, -0.2) is 0 Å². The molecule has 1 aliphatic heterocycles. The Labute approximate surface area is 121 Å². The summed E-state index contributed by atoms with van der Waals surface area (Å²) in [6.45, 7) is 0. The Morgan fingerprint density at radius 1 is 1.10 bits per heavy atom. The van der Waals surface area contributed by atoms with Crippen molar-refractivity contribution in [2.75, 3.05) is 0 Å². The fourth-order valence-electron chi connectivity index (χ4n) is 3.28. The summed E-state index contributed by atoms with van der Waals surface area (Å²) >= 11 is 6.30. The zero-order valence-electron chi connectivity index (χ0n) is 10.9. The number of carbonyl (C=O) groups is 1. The average Bonchev–Trinajstić information content (AvgIpc) is 2.65. The van der Waals surface area contributed by atoms with Gasteiger partial charge in [-0.2, -0.15) is 0 Å². The average molecular weight is 295 g/mol. The van der Waals surface area contributed by atoms with E-state index in [1.807, 2.05) is 0 Å². The zero-order chi connectivity index (χ0) is 14.0. The predicted octanol–water partition coefficient (Wildman–Crippen LogP) is 3.50. The van der Waals surface area contributed by atoms with Gasteiger partial charge in [0.15, 0.2) is 11.5 Å². The summed E-state index contributed by atoms with van der Waals surface area (Å²) in [4.78, 5) is 11.6. The summed E-state index contributed by atoms with van der Waals surface area (Å²) in [7, 11) is 0. The molecular formula is C15H15ClO4. The summed E-state index contributed by atoms with van der Waals surface area (Å²) < 4.78 is 11.7. The minimum absolute atomic E-state index is 0.464. The Morgan fingerprint density at radius 3 is 2.15 bits per heavy atom. The molecular weight excluding hydrogens is 280 g/mol. The smallest absolute Gasteiger partial charge is 0.314 e. The van der Waals surface area contributed by atoms with E-state index in [1.165, 1.54) is 0 Å². The lowest BCUT2D eigenvalue weighted by Gasteiger charge is -2.38.